The summed E-state index contributed by atoms with van der Waals surface area (Å²) >= 11 is 1.25. The van der Waals surface area contributed by atoms with E-state index < -0.39 is 0 Å². The fraction of sp³-hybridized carbons (Fsp3) is 0.286. The van der Waals surface area contributed by atoms with E-state index in [-0.39, 0.29) is 11.7 Å². The van der Waals surface area contributed by atoms with Crippen molar-refractivity contribution < 1.29 is 4.79 Å². The van der Waals surface area contributed by atoms with E-state index in [1.54, 1.807) is 12.4 Å². The van der Waals surface area contributed by atoms with E-state index in [0.717, 1.165) is 5.56 Å². The Bertz CT molecular complexity index is 287. The topological polar surface area (TPSA) is 80.9 Å². The van der Waals surface area contributed by atoms with E-state index in [9.17, 15) is 4.79 Å². The maximum atomic E-state index is 10.7. The van der Waals surface area contributed by atoms with Crippen LogP contribution in [0.1, 0.15) is 5.56 Å². The highest BCUT2D eigenvalue weighted by molar-refractivity contribution is 7.99. The summed E-state index contributed by atoms with van der Waals surface area (Å²) in [7, 11) is 0. The van der Waals surface area contributed by atoms with Crippen LogP contribution in [0.15, 0.2) is 17.6 Å². The zero-order chi connectivity index (χ0) is 9.68. The van der Waals surface area contributed by atoms with Crippen molar-refractivity contribution in [1.29, 1.82) is 0 Å². The van der Waals surface area contributed by atoms with E-state index in [0.29, 0.717) is 5.16 Å². The molecule has 13 heavy (non-hydrogen) atoms. The Morgan fingerprint density at radius 1 is 1.62 bits per heavy atom. The number of nitrogens with zero attached hydrogens (tertiary/aromatic N) is 2. The molecule has 5 nitrogen and oxygen atoms in total. The molecule has 0 saturated carbocycles. The lowest BCUT2D eigenvalue weighted by Gasteiger charge is -1.98. The second-order valence-corrected chi connectivity index (χ2v) is 3.34. The van der Waals surface area contributed by atoms with Crippen LogP contribution in [0.3, 0.4) is 0 Å². The molecule has 0 radical (unpaired) electrons. The Balaban J connectivity index is 2.46. The van der Waals surface area contributed by atoms with Gasteiger partial charge in [0.25, 0.3) is 0 Å². The van der Waals surface area contributed by atoms with Gasteiger partial charge >= 0.3 is 0 Å². The molecular formula is C7H10N4OS. The van der Waals surface area contributed by atoms with Crippen LogP contribution in [0.4, 0.5) is 0 Å². The van der Waals surface area contributed by atoms with Gasteiger partial charge in [0, 0.05) is 12.4 Å². The minimum absolute atomic E-state index is 0.236. The molecule has 0 spiro atoms. The van der Waals surface area contributed by atoms with E-state index in [1.165, 1.54) is 11.8 Å². The van der Waals surface area contributed by atoms with Crippen molar-refractivity contribution in [3.63, 3.8) is 0 Å². The number of thioether (sulfide) groups is 1. The van der Waals surface area contributed by atoms with Gasteiger partial charge in [-0.2, -0.15) is 0 Å². The van der Waals surface area contributed by atoms with E-state index in [4.69, 9.17) is 5.84 Å². The molecule has 1 aromatic rings. The monoisotopic (exact) mass is 198 g/mol. The Morgan fingerprint density at radius 3 is 2.77 bits per heavy atom. The van der Waals surface area contributed by atoms with Crippen LogP contribution in [0.5, 0.6) is 0 Å². The number of aryl methyl sites for hydroxylation is 1. The third kappa shape index (κ3) is 3.39. The van der Waals surface area contributed by atoms with Crippen LogP contribution >= 0.6 is 11.8 Å². The van der Waals surface area contributed by atoms with Gasteiger partial charge in [-0.25, -0.2) is 15.8 Å². The number of amides is 1. The molecule has 6 heteroatoms. The molecule has 1 heterocycles. The van der Waals surface area contributed by atoms with Crippen LogP contribution in [-0.4, -0.2) is 21.6 Å². The largest absolute Gasteiger partial charge is 0.294 e. The number of rotatable bonds is 3. The van der Waals surface area contributed by atoms with Crippen molar-refractivity contribution in [3.8, 4) is 0 Å². The molecule has 0 bridgehead atoms. The van der Waals surface area contributed by atoms with Gasteiger partial charge < -0.3 is 0 Å². The molecular weight excluding hydrogens is 188 g/mol. The summed E-state index contributed by atoms with van der Waals surface area (Å²) < 4.78 is 0. The summed E-state index contributed by atoms with van der Waals surface area (Å²) in [5.74, 6) is 4.90. The van der Waals surface area contributed by atoms with E-state index in [2.05, 4.69) is 9.97 Å². The first kappa shape index (κ1) is 9.94. The second kappa shape index (κ2) is 4.78. The van der Waals surface area contributed by atoms with E-state index >= 15 is 0 Å². The Morgan fingerprint density at radius 2 is 2.23 bits per heavy atom. The summed E-state index contributed by atoms with van der Waals surface area (Å²) in [5, 5.41) is 0.578. The fourth-order valence-corrected chi connectivity index (χ4v) is 1.23. The maximum Gasteiger partial charge on any atom is 0.244 e. The summed E-state index contributed by atoms with van der Waals surface area (Å²) in [4.78, 5) is 18.8. The molecule has 0 fully saturated rings. The van der Waals surface area contributed by atoms with Crippen LogP contribution < -0.4 is 11.3 Å². The van der Waals surface area contributed by atoms with Gasteiger partial charge in [0.1, 0.15) is 0 Å². The number of nitrogens with two attached hydrogens (primary N) is 1. The van der Waals surface area contributed by atoms with Crippen LogP contribution in [0.2, 0.25) is 0 Å². The van der Waals surface area contributed by atoms with Crippen LogP contribution in [0, 0.1) is 6.92 Å². The van der Waals surface area contributed by atoms with Gasteiger partial charge in [0.2, 0.25) is 5.91 Å². The number of hydrogen-bond donors (Lipinski definition) is 2. The van der Waals surface area contributed by atoms with Gasteiger partial charge in [-0.1, -0.05) is 11.8 Å². The molecule has 1 aromatic heterocycles. The molecule has 1 amide bonds. The minimum Gasteiger partial charge on any atom is -0.294 e. The number of carbonyl (C=O) groups is 1. The molecule has 0 aliphatic heterocycles. The van der Waals surface area contributed by atoms with Crippen molar-refractivity contribution >= 4 is 17.7 Å². The van der Waals surface area contributed by atoms with Crippen molar-refractivity contribution in [2.75, 3.05) is 5.75 Å². The molecule has 70 valence electrons. The SMILES string of the molecule is Cc1cnc(SCC(=O)NN)nc1. The maximum absolute atomic E-state index is 10.7. The highest BCUT2D eigenvalue weighted by Gasteiger charge is 2.01. The van der Waals surface area contributed by atoms with Crippen molar-refractivity contribution in [1.82, 2.24) is 15.4 Å². The second-order valence-electron chi connectivity index (χ2n) is 2.40. The zero-order valence-corrected chi connectivity index (χ0v) is 7.97. The molecule has 0 atom stereocenters. The lowest BCUT2D eigenvalue weighted by molar-refractivity contribution is -0.118. The molecule has 0 unspecified atom stereocenters. The summed E-state index contributed by atoms with van der Waals surface area (Å²) in [6, 6.07) is 0. The summed E-state index contributed by atoms with van der Waals surface area (Å²) in [6.07, 6.45) is 3.41. The Hall–Kier alpha value is -1.14. The first-order chi connectivity index (χ1) is 6.22. The average molecular weight is 198 g/mol. The van der Waals surface area contributed by atoms with Crippen LogP contribution in [-0.2, 0) is 4.79 Å². The summed E-state index contributed by atoms with van der Waals surface area (Å²) in [6.45, 7) is 1.90. The van der Waals surface area contributed by atoms with Crippen molar-refractivity contribution in [2.45, 2.75) is 12.1 Å². The van der Waals surface area contributed by atoms with Crippen LogP contribution in [0.25, 0.3) is 0 Å². The number of aromatic nitrogens is 2. The standard InChI is InChI=1S/C7H10N4OS/c1-5-2-9-7(10-3-5)13-4-6(12)11-8/h2-3H,4,8H2,1H3,(H,11,12). The molecule has 0 aliphatic carbocycles. The quantitative estimate of drug-likeness (QED) is 0.232. The lowest BCUT2D eigenvalue weighted by Crippen LogP contribution is -2.31. The van der Waals surface area contributed by atoms with Gasteiger partial charge in [0.05, 0.1) is 5.75 Å². The Kier molecular flexibility index (Phi) is 3.66. The number of nitrogens with one attached hydrogen (secondary N) is 1. The third-order valence-corrected chi connectivity index (χ3v) is 2.13. The Labute approximate surface area is 80.1 Å². The number of hydrazine groups is 1. The predicted octanol–water partition coefficient (Wildman–Crippen LogP) is -0.133. The summed E-state index contributed by atoms with van der Waals surface area (Å²) in [5.41, 5.74) is 3.02. The first-order valence-electron chi connectivity index (χ1n) is 3.63. The van der Waals surface area contributed by atoms with E-state index in [1.807, 2.05) is 12.3 Å². The molecule has 0 aliphatic rings. The average Bonchev–Trinajstić information content (AvgIpc) is 2.16. The highest BCUT2D eigenvalue weighted by Crippen LogP contribution is 2.10. The molecule has 0 aromatic carbocycles. The van der Waals surface area contributed by atoms with Crippen molar-refractivity contribution in [2.24, 2.45) is 5.84 Å². The third-order valence-electron chi connectivity index (χ3n) is 1.25. The number of hydrogen-bond acceptors (Lipinski definition) is 5. The minimum atomic E-state index is -0.242. The predicted molar refractivity (Wildman–Crippen MR) is 49.8 cm³/mol. The van der Waals surface area contributed by atoms with Gasteiger partial charge in [0.15, 0.2) is 5.16 Å². The zero-order valence-electron chi connectivity index (χ0n) is 7.15. The number of carbonyl (C=O) groups excluding carboxylic acids is 1. The smallest absolute Gasteiger partial charge is 0.244 e. The molecule has 1 rings (SSSR count). The lowest BCUT2D eigenvalue weighted by atomic mass is 10.4. The van der Waals surface area contributed by atoms with Gasteiger partial charge in [-0.3, -0.25) is 10.2 Å². The molecule has 3 N–H and O–H groups in total. The van der Waals surface area contributed by atoms with Gasteiger partial charge in [-0.15, -0.1) is 0 Å². The highest BCUT2D eigenvalue weighted by atomic mass is 32.2. The normalized spacial score (nSPS) is 9.69. The van der Waals surface area contributed by atoms with Gasteiger partial charge in [-0.05, 0) is 12.5 Å². The molecule has 0 saturated heterocycles. The fourth-order valence-electron chi connectivity index (χ4n) is 0.627. The first-order valence-corrected chi connectivity index (χ1v) is 4.62. The van der Waals surface area contributed by atoms with Crippen molar-refractivity contribution in [3.05, 3.63) is 18.0 Å².